The lowest BCUT2D eigenvalue weighted by atomic mass is 9.92. The molecule has 1 aliphatic heterocycles. The summed E-state index contributed by atoms with van der Waals surface area (Å²) < 4.78 is 13.1. The maximum absolute atomic E-state index is 12.6. The Bertz CT molecular complexity index is 828. The topological polar surface area (TPSA) is 40.5 Å². The third-order valence-electron chi connectivity index (χ3n) is 4.64. The summed E-state index contributed by atoms with van der Waals surface area (Å²) in [6.07, 6.45) is 2.52. The number of hydrogen-bond donors (Lipinski definition) is 0. The summed E-state index contributed by atoms with van der Waals surface area (Å²) >= 11 is 6.49. The minimum absolute atomic E-state index is 0.00538. The van der Waals surface area contributed by atoms with Crippen molar-refractivity contribution in [1.82, 2.24) is 4.57 Å². The Hall–Kier alpha value is -1.78. The second-order valence-electron chi connectivity index (χ2n) is 6.14. The van der Waals surface area contributed by atoms with Crippen molar-refractivity contribution in [3.63, 3.8) is 0 Å². The van der Waals surface area contributed by atoms with Crippen molar-refractivity contribution in [3.8, 4) is 17.0 Å². The summed E-state index contributed by atoms with van der Waals surface area (Å²) in [5.41, 5.74) is 3.61. The zero-order chi connectivity index (χ0) is 17.4. The first-order valence-electron chi connectivity index (χ1n) is 8.21. The van der Waals surface area contributed by atoms with Gasteiger partial charge in [-0.15, -0.1) is 0 Å². The summed E-state index contributed by atoms with van der Waals surface area (Å²) in [4.78, 5) is 12.6. The van der Waals surface area contributed by atoms with Crippen LogP contribution in [0.15, 0.2) is 29.2 Å². The Morgan fingerprint density at radius 3 is 2.83 bits per heavy atom. The predicted molar refractivity (Wildman–Crippen MR) is 96.2 cm³/mol. The minimum atomic E-state index is -0.214. The van der Waals surface area contributed by atoms with E-state index in [1.807, 2.05) is 32.2 Å². The number of hydrogen-bond acceptors (Lipinski definition) is 3. The lowest BCUT2D eigenvalue weighted by Gasteiger charge is -2.30. The second kappa shape index (κ2) is 6.61. The van der Waals surface area contributed by atoms with Crippen LogP contribution in [0.4, 0.5) is 0 Å². The smallest absolute Gasteiger partial charge is 0.187 e. The lowest BCUT2D eigenvalue weighted by Crippen LogP contribution is -2.24. The van der Waals surface area contributed by atoms with E-state index < -0.39 is 0 Å². The molecule has 0 radical (unpaired) electrons. The zero-order valence-corrected chi connectivity index (χ0v) is 15.2. The first kappa shape index (κ1) is 17.1. The average molecular weight is 348 g/mol. The Morgan fingerprint density at radius 2 is 2.17 bits per heavy atom. The van der Waals surface area contributed by atoms with E-state index in [1.54, 1.807) is 13.2 Å². The summed E-state index contributed by atoms with van der Waals surface area (Å²) in [6.45, 7) is 6.55. The molecule has 0 amide bonds. The van der Waals surface area contributed by atoms with Gasteiger partial charge in [0, 0.05) is 36.0 Å². The van der Waals surface area contributed by atoms with Gasteiger partial charge in [0.05, 0.1) is 23.9 Å². The zero-order valence-electron chi connectivity index (χ0n) is 14.4. The predicted octanol–water partition coefficient (Wildman–Crippen LogP) is 4.39. The van der Waals surface area contributed by atoms with E-state index >= 15 is 0 Å². The molecule has 24 heavy (non-hydrogen) atoms. The largest absolute Gasteiger partial charge is 0.495 e. The van der Waals surface area contributed by atoms with E-state index in [2.05, 4.69) is 11.5 Å². The third kappa shape index (κ3) is 2.74. The van der Waals surface area contributed by atoms with Crippen LogP contribution in [0, 0.1) is 0 Å². The van der Waals surface area contributed by atoms with Crippen LogP contribution in [-0.4, -0.2) is 18.3 Å². The number of ether oxygens (including phenoxy) is 2. The van der Waals surface area contributed by atoms with Gasteiger partial charge in [0.1, 0.15) is 5.75 Å². The van der Waals surface area contributed by atoms with Gasteiger partial charge in [0.15, 0.2) is 5.43 Å². The molecule has 128 valence electrons. The fraction of sp³-hybridized carbons (Fsp3) is 0.421. The molecule has 1 aromatic carbocycles. The molecule has 3 rings (SSSR count). The van der Waals surface area contributed by atoms with Gasteiger partial charge in [-0.3, -0.25) is 4.79 Å². The molecule has 0 aliphatic carbocycles. The first-order valence-corrected chi connectivity index (χ1v) is 8.59. The second-order valence-corrected chi connectivity index (χ2v) is 6.52. The summed E-state index contributed by atoms with van der Waals surface area (Å²) in [5, 5.41) is 0.632. The molecule has 1 aromatic heterocycles. The highest BCUT2D eigenvalue weighted by molar-refractivity contribution is 6.33. The van der Waals surface area contributed by atoms with Gasteiger partial charge >= 0.3 is 0 Å². The Balaban J connectivity index is 2.18. The maximum Gasteiger partial charge on any atom is 0.187 e. The Kier molecular flexibility index (Phi) is 4.70. The van der Waals surface area contributed by atoms with E-state index in [0.29, 0.717) is 22.9 Å². The van der Waals surface area contributed by atoms with Gasteiger partial charge in [-0.2, -0.15) is 0 Å². The molecule has 0 spiro atoms. The molecule has 0 bridgehead atoms. The van der Waals surface area contributed by atoms with Crippen LogP contribution >= 0.6 is 11.6 Å². The van der Waals surface area contributed by atoms with Gasteiger partial charge in [-0.05, 0) is 44.9 Å². The monoisotopic (exact) mass is 347 g/mol. The van der Waals surface area contributed by atoms with Gasteiger partial charge in [-0.1, -0.05) is 11.6 Å². The molecule has 1 aliphatic rings. The SMILES string of the molecule is CCOC(C)c1cn2c(cc1=O)-c1ccc(OC)c(Cl)c1CC2C. The van der Waals surface area contributed by atoms with Gasteiger partial charge in [0.2, 0.25) is 0 Å². The quantitative estimate of drug-likeness (QED) is 0.823. The van der Waals surface area contributed by atoms with Crippen molar-refractivity contribution in [1.29, 1.82) is 0 Å². The molecular formula is C19H22ClNO3. The average Bonchev–Trinajstić information content (AvgIpc) is 2.56. The maximum atomic E-state index is 12.6. The van der Waals surface area contributed by atoms with E-state index in [0.717, 1.165) is 23.2 Å². The lowest BCUT2D eigenvalue weighted by molar-refractivity contribution is 0.0751. The van der Waals surface area contributed by atoms with Crippen molar-refractivity contribution in [2.45, 2.75) is 39.3 Å². The van der Waals surface area contributed by atoms with E-state index in [9.17, 15) is 4.79 Å². The number of aromatic nitrogens is 1. The summed E-state index contributed by atoms with van der Waals surface area (Å²) in [6, 6.07) is 5.72. The van der Waals surface area contributed by atoms with Crippen LogP contribution in [0.2, 0.25) is 5.02 Å². The highest BCUT2D eigenvalue weighted by Gasteiger charge is 2.26. The van der Waals surface area contributed by atoms with Crippen LogP contribution in [0.1, 0.15) is 44.0 Å². The van der Waals surface area contributed by atoms with Crippen LogP contribution in [0.5, 0.6) is 5.75 Å². The molecule has 2 atom stereocenters. The van der Waals surface area contributed by atoms with Crippen molar-refractivity contribution >= 4 is 11.6 Å². The number of rotatable bonds is 4. The fourth-order valence-electron chi connectivity index (χ4n) is 3.38. The van der Waals surface area contributed by atoms with Gasteiger partial charge in [0.25, 0.3) is 0 Å². The van der Waals surface area contributed by atoms with Crippen molar-refractivity contribution in [2.24, 2.45) is 0 Å². The Morgan fingerprint density at radius 1 is 1.42 bits per heavy atom. The van der Waals surface area contributed by atoms with Gasteiger partial charge in [-0.25, -0.2) is 0 Å². The number of methoxy groups -OCH3 is 1. The highest BCUT2D eigenvalue weighted by atomic mass is 35.5. The Labute approximate surface area is 147 Å². The van der Waals surface area contributed by atoms with Crippen LogP contribution in [-0.2, 0) is 11.2 Å². The molecule has 2 aromatic rings. The number of fused-ring (bicyclic) bond motifs is 3. The van der Waals surface area contributed by atoms with E-state index in [4.69, 9.17) is 21.1 Å². The highest BCUT2D eigenvalue weighted by Crippen LogP contribution is 2.41. The number of halogens is 1. The minimum Gasteiger partial charge on any atom is -0.495 e. The first-order chi connectivity index (χ1) is 11.5. The molecule has 2 unspecified atom stereocenters. The molecule has 4 nitrogen and oxygen atoms in total. The molecule has 5 heteroatoms. The van der Waals surface area contributed by atoms with Crippen molar-refractivity contribution in [2.75, 3.05) is 13.7 Å². The van der Waals surface area contributed by atoms with Crippen LogP contribution < -0.4 is 10.2 Å². The molecule has 0 fully saturated rings. The standard InChI is InChI=1S/C19H22ClNO3/c1-5-24-12(3)15-10-21-11(2)8-14-13(16(21)9-17(15)22)6-7-18(23-4)19(14)20/h6-7,9-12H,5,8H2,1-4H3. The van der Waals surface area contributed by atoms with E-state index in [1.165, 1.54) is 0 Å². The number of nitrogens with zero attached hydrogens (tertiary/aromatic N) is 1. The van der Waals surface area contributed by atoms with E-state index in [-0.39, 0.29) is 17.6 Å². The summed E-state index contributed by atoms with van der Waals surface area (Å²) in [5.74, 6) is 0.667. The van der Waals surface area contributed by atoms with Crippen LogP contribution in [0.25, 0.3) is 11.3 Å². The number of pyridine rings is 1. The summed E-state index contributed by atoms with van der Waals surface area (Å²) in [7, 11) is 1.61. The molecule has 0 saturated carbocycles. The normalized spacial score (nSPS) is 17.1. The van der Waals surface area contributed by atoms with Crippen molar-refractivity contribution < 1.29 is 9.47 Å². The fourth-order valence-corrected chi connectivity index (χ4v) is 3.70. The molecule has 0 saturated heterocycles. The third-order valence-corrected chi connectivity index (χ3v) is 5.06. The van der Waals surface area contributed by atoms with Gasteiger partial charge < -0.3 is 14.0 Å². The number of benzene rings is 1. The van der Waals surface area contributed by atoms with Crippen LogP contribution in [0.3, 0.4) is 0 Å². The van der Waals surface area contributed by atoms with Crippen molar-refractivity contribution in [3.05, 3.63) is 50.8 Å². The molecule has 0 N–H and O–H groups in total. The molecular weight excluding hydrogens is 326 g/mol. The molecule has 2 heterocycles.